The van der Waals surface area contributed by atoms with Crippen LogP contribution in [0.5, 0.6) is 0 Å². The molecule has 1 aromatic carbocycles. The van der Waals surface area contributed by atoms with Gasteiger partial charge in [0.2, 0.25) is 0 Å². The number of benzene rings is 1. The average molecular weight is 202 g/mol. The van der Waals surface area contributed by atoms with Crippen molar-refractivity contribution in [2.45, 2.75) is 19.8 Å². The number of unbranched alkanes of at least 4 members (excludes halogenated alkanes) is 1. The van der Waals surface area contributed by atoms with Gasteiger partial charge >= 0.3 is 0 Å². The maximum atomic E-state index is 5.97. The van der Waals surface area contributed by atoms with Crippen molar-refractivity contribution in [1.29, 1.82) is 0 Å². The molecule has 0 fully saturated rings. The number of para-hydroxylation sites is 1. The molecule has 2 N–H and O–H groups in total. The molecule has 1 aliphatic heterocycles. The Hall–Kier alpha value is -1.44. The van der Waals surface area contributed by atoms with Crippen molar-refractivity contribution >= 4 is 11.4 Å². The van der Waals surface area contributed by atoms with Gasteiger partial charge in [0.25, 0.3) is 0 Å². The van der Waals surface area contributed by atoms with Crippen molar-refractivity contribution in [2.75, 3.05) is 18.0 Å². The van der Waals surface area contributed by atoms with E-state index in [1.165, 1.54) is 24.1 Å². The van der Waals surface area contributed by atoms with Gasteiger partial charge in [0.1, 0.15) is 0 Å². The fourth-order valence-electron chi connectivity index (χ4n) is 1.97. The maximum absolute atomic E-state index is 5.97. The molecule has 1 aliphatic rings. The summed E-state index contributed by atoms with van der Waals surface area (Å²) in [5.74, 6) is 0. The largest absolute Gasteiger partial charge is 0.398 e. The molecule has 80 valence electrons. The SMILES string of the molecule is CCCCN1CC=C(N)c2ccccc21. The Morgan fingerprint density at radius 3 is 2.93 bits per heavy atom. The summed E-state index contributed by atoms with van der Waals surface area (Å²) in [6.07, 6.45) is 4.58. The predicted octanol–water partition coefficient (Wildman–Crippen LogP) is 2.61. The molecule has 0 bridgehead atoms. The Balaban J connectivity index is 2.25. The van der Waals surface area contributed by atoms with Gasteiger partial charge in [0, 0.05) is 30.0 Å². The Labute approximate surface area is 91.4 Å². The zero-order valence-corrected chi connectivity index (χ0v) is 9.24. The average Bonchev–Trinajstić information content (AvgIpc) is 2.29. The van der Waals surface area contributed by atoms with Gasteiger partial charge in [0.15, 0.2) is 0 Å². The summed E-state index contributed by atoms with van der Waals surface area (Å²) in [6.45, 7) is 4.29. The first-order chi connectivity index (χ1) is 7.33. The number of fused-ring (bicyclic) bond motifs is 1. The van der Waals surface area contributed by atoms with Crippen LogP contribution in [0, 0.1) is 0 Å². The third-order valence-electron chi connectivity index (χ3n) is 2.87. The molecule has 0 atom stereocenters. The first kappa shape index (κ1) is 10.1. The highest BCUT2D eigenvalue weighted by Gasteiger charge is 2.15. The van der Waals surface area contributed by atoms with E-state index in [0.29, 0.717) is 0 Å². The summed E-state index contributed by atoms with van der Waals surface area (Å²) < 4.78 is 0. The summed E-state index contributed by atoms with van der Waals surface area (Å²) in [5, 5.41) is 0. The molecule has 0 unspecified atom stereocenters. The van der Waals surface area contributed by atoms with Gasteiger partial charge in [-0.1, -0.05) is 31.5 Å². The van der Waals surface area contributed by atoms with Gasteiger partial charge in [-0.25, -0.2) is 0 Å². The molecule has 1 aromatic rings. The quantitative estimate of drug-likeness (QED) is 0.816. The minimum absolute atomic E-state index is 0.915. The second-order valence-electron chi connectivity index (χ2n) is 3.98. The van der Waals surface area contributed by atoms with Crippen LogP contribution in [-0.4, -0.2) is 13.1 Å². The lowest BCUT2D eigenvalue weighted by atomic mass is 10.0. The number of hydrogen-bond acceptors (Lipinski definition) is 2. The lowest BCUT2D eigenvalue weighted by Crippen LogP contribution is -2.29. The van der Waals surface area contributed by atoms with Crippen LogP contribution in [0.25, 0.3) is 5.70 Å². The number of nitrogens with zero attached hydrogens (tertiary/aromatic N) is 1. The maximum Gasteiger partial charge on any atom is 0.0463 e. The van der Waals surface area contributed by atoms with E-state index in [1.54, 1.807) is 0 Å². The second-order valence-corrected chi connectivity index (χ2v) is 3.98. The van der Waals surface area contributed by atoms with Crippen LogP contribution in [0.2, 0.25) is 0 Å². The van der Waals surface area contributed by atoms with Gasteiger partial charge in [-0.05, 0) is 18.6 Å². The number of anilines is 1. The van der Waals surface area contributed by atoms with Crippen molar-refractivity contribution in [3.8, 4) is 0 Å². The lowest BCUT2D eigenvalue weighted by Gasteiger charge is -2.29. The first-order valence-corrected chi connectivity index (χ1v) is 5.63. The van der Waals surface area contributed by atoms with E-state index < -0.39 is 0 Å². The monoisotopic (exact) mass is 202 g/mol. The summed E-state index contributed by atoms with van der Waals surface area (Å²) in [5.41, 5.74) is 9.35. The van der Waals surface area contributed by atoms with Crippen LogP contribution in [0.4, 0.5) is 5.69 Å². The minimum atomic E-state index is 0.915. The molecule has 0 amide bonds. The van der Waals surface area contributed by atoms with E-state index >= 15 is 0 Å². The number of nitrogens with two attached hydrogens (primary N) is 1. The molecule has 2 nitrogen and oxygen atoms in total. The van der Waals surface area contributed by atoms with Crippen LogP contribution in [-0.2, 0) is 0 Å². The summed E-state index contributed by atoms with van der Waals surface area (Å²) in [4.78, 5) is 2.40. The summed E-state index contributed by atoms with van der Waals surface area (Å²) >= 11 is 0. The van der Waals surface area contributed by atoms with Crippen molar-refractivity contribution in [3.63, 3.8) is 0 Å². The highest BCUT2D eigenvalue weighted by Crippen LogP contribution is 2.28. The Morgan fingerprint density at radius 2 is 2.13 bits per heavy atom. The summed E-state index contributed by atoms with van der Waals surface area (Å²) in [7, 11) is 0. The van der Waals surface area contributed by atoms with Crippen molar-refractivity contribution < 1.29 is 0 Å². The fraction of sp³-hybridized carbons (Fsp3) is 0.385. The van der Waals surface area contributed by atoms with Crippen LogP contribution < -0.4 is 10.6 Å². The number of rotatable bonds is 3. The molecule has 1 heterocycles. The van der Waals surface area contributed by atoms with Crippen LogP contribution in [0.15, 0.2) is 30.3 Å². The third kappa shape index (κ3) is 1.99. The molecule has 0 saturated heterocycles. The van der Waals surface area contributed by atoms with E-state index in [-0.39, 0.29) is 0 Å². The molecule has 0 aliphatic carbocycles. The summed E-state index contributed by atoms with van der Waals surface area (Å²) in [6, 6.07) is 8.38. The van der Waals surface area contributed by atoms with Crippen molar-refractivity contribution in [3.05, 3.63) is 35.9 Å². The molecule has 0 saturated carbocycles. The Morgan fingerprint density at radius 1 is 1.33 bits per heavy atom. The van der Waals surface area contributed by atoms with Crippen LogP contribution in [0.3, 0.4) is 0 Å². The van der Waals surface area contributed by atoms with Gasteiger partial charge in [-0.3, -0.25) is 0 Å². The Kier molecular flexibility index (Phi) is 2.95. The fourth-order valence-corrected chi connectivity index (χ4v) is 1.97. The molecule has 0 spiro atoms. The Bertz CT molecular complexity index is 369. The molecular formula is C13H18N2. The predicted molar refractivity (Wildman–Crippen MR) is 65.7 cm³/mol. The second kappa shape index (κ2) is 4.39. The van der Waals surface area contributed by atoms with E-state index in [4.69, 9.17) is 5.73 Å². The topological polar surface area (TPSA) is 29.3 Å². The highest BCUT2D eigenvalue weighted by atomic mass is 15.1. The highest BCUT2D eigenvalue weighted by molar-refractivity contribution is 5.78. The van der Waals surface area contributed by atoms with E-state index in [0.717, 1.165) is 18.8 Å². The van der Waals surface area contributed by atoms with Crippen LogP contribution >= 0.6 is 0 Å². The normalized spacial score (nSPS) is 14.7. The third-order valence-corrected chi connectivity index (χ3v) is 2.87. The molecule has 0 radical (unpaired) electrons. The van der Waals surface area contributed by atoms with Gasteiger partial charge in [-0.15, -0.1) is 0 Å². The van der Waals surface area contributed by atoms with E-state index in [2.05, 4.69) is 36.1 Å². The van der Waals surface area contributed by atoms with E-state index in [9.17, 15) is 0 Å². The standard InChI is InChI=1S/C13H18N2/c1-2-3-9-15-10-8-12(14)11-6-4-5-7-13(11)15/h4-8H,2-3,9-10,14H2,1H3. The lowest BCUT2D eigenvalue weighted by molar-refractivity contribution is 0.742. The minimum Gasteiger partial charge on any atom is -0.398 e. The smallest absolute Gasteiger partial charge is 0.0463 e. The zero-order valence-electron chi connectivity index (χ0n) is 9.24. The van der Waals surface area contributed by atoms with Crippen molar-refractivity contribution in [2.24, 2.45) is 5.73 Å². The first-order valence-electron chi connectivity index (χ1n) is 5.63. The number of hydrogen-bond donors (Lipinski definition) is 1. The molecule has 2 heteroatoms. The zero-order chi connectivity index (χ0) is 10.7. The van der Waals surface area contributed by atoms with Gasteiger partial charge < -0.3 is 10.6 Å². The van der Waals surface area contributed by atoms with Crippen LogP contribution in [0.1, 0.15) is 25.3 Å². The van der Waals surface area contributed by atoms with Gasteiger partial charge in [0.05, 0.1) is 0 Å². The molecule has 15 heavy (non-hydrogen) atoms. The molecule has 2 rings (SSSR count). The molecular weight excluding hydrogens is 184 g/mol. The molecule has 0 aromatic heterocycles. The van der Waals surface area contributed by atoms with Crippen molar-refractivity contribution in [1.82, 2.24) is 0 Å². The van der Waals surface area contributed by atoms with E-state index in [1.807, 2.05) is 6.07 Å². The van der Waals surface area contributed by atoms with Gasteiger partial charge in [-0.2, -0.15) is 0 Å².